The highest BCUT2D eigenvalue weighted by Gasteiger charge is 2.17. The summed E-state index contributed by atoms with van der Waals surface area (Å²) in [6.45, 7) is 0. The van der Waals surface area contributed by atoms with E-state index in [2.05, 4.69) is 0 Å². The van der Waals surface area contributed by atoms with Crippen molar-refractivity contribution in [3.63, 3.8) is 0 Å². The van der Waals surface area contributed by atoms with Crippen LogP contribution < -0.4 is 0 Å². The van der Waals surface area contributed by atoms with E-state index in [1.54, 1.807) is 0 Å². The molecule has 9 aromatic rings. The fraction of sp³-hybridized carbons (Fsp3) is 0. The molecular formula is C42H26O. The van der Waals surface area contributed by atoms with E-state index >= 15 is 0 Å². The van der Waals surface area contributed by atoms with E-state index in [0.29, 0.717) is 0 Å². The Kier molecular flexibility index (Phi) is 2.13. The molecule has 9 rings (SSSR count). The number of rotatable bonds is 3. The van der Waals surface area contributed by atoms with Crippen molar-refractivity contribution in [2.24, 2.45) is 0 Å². The van der Waals surface area contributed by atoms with Crippen molar-refractivity contribution < 1.29 is 40.1 Å². The molecule has 1 aromatic heterocycles. The van der Waals surface area contributed by atoms with Crippen molar-refractivity contribution in [1.82, 2.24) is 0 Å². The molecule has 8 aromatic carbocycles. The molecule has 200 valence electrons. The number of para-hydroxylation sites is 1. The molecule has 43 heavy (non-hydrogen) atoms. The first-order chi connectivity index (χ1) is 32.2. The minimum atomic E-state index is -1.06. The second-order valence-corrected chi connectivity index (χ2v) is 9.26. The Morgan fingerprint density at radius 2 is 0.860 bits per heavy atom. The molecule has 0 bridgehead atoms. The van der Waals surface area contributed by atoms with Gasteiger partial charge in [0.25, 0.3) is 0 Å². The van der Waals surface area contributed by atoms with Gasteiger partial charge in [0.2, 0.25) is 0 Å². The van der Waals surface area contributed by atoms with Crippen LogP contribution in [0.4, 0.5) is 0 Å². The largest absolute Gasteiger partial charge is 0.455 e. The van der Waals surface area contributed by atoms with Crippen LogP contribution in [-0.2, 0) is 0 Å². The van der Waals surface area contributed by atoms with Crippen LogP contribution in [0.15, 0.2) is 162 Å². The monoisotopic (exact) mass is 572 g/mol. The lowest BCUT2D eigenvalue weighted by atomic mass is 9.85. The summed E-state index contributed by atoms with van der Waals surface area (Å²) in [6, 6.07) is -23.1. The zero-order chi connectivity index (χ0) is 51.0. The van der Waals surface area contributed by atoms with Crippen LogP contribution in [0.1, 0.15) is 35.6 Å². The molecule has 0 radical (unpaired) electrons. The van der Waals surface area contributed by atoms with Gasteiger partial charge in [-0.3, -0.25) is 0 Å². The lowest BCUT2D eigenvalue weighted by Crippen LogP contribution is -1.90. The predicted octanol–water partition coefficient (Wildman–Crippen LogP) is 12.0. The van der Waals surface area contributed by atoms with Crippen molar-refractivity contribution in [2.75, 3.05) is 0 Å². The Labute approximate surface area is 285 Å². The third-order valence-corrected chi connectivity index (χ3v) is 6.94. The Bertz CT molecular complexity index is 3830. The second-order valence-electron chi connectivity index (χ2n) is 9.26. The SMILES string of the molecule is [2H]c1c([2H])c([2H])c(-c2c3c([2H])c([2H])c([2H])c([2H])c3c(-c3c([2H])c([2H])c(-c4c([2H])c([2H])c([2H])c5c4oc4c([2H])c6c([2H])c([2H])c([2H])c([2H])c6c([2H])c45)c([2H])c3[2H])c3c([2H])c([2H])c([2H])c([2H])c23)c([2H])c1[2H]. The van der Waals surface area contributed by atoms with Gasteiger partial charge in [-0.15, -0.1) is 0 Å². The molecule has 0 spiro atoms. The van der Waals surface area contributed by atoms with Crippen LogP contribution in [-0.4, -0.2) is 0 Å². The molecule has 1 heterocycles. The van der Waals surface area contributed by atoms with Gasteiger partial charge in [-0.05, 0) is 72.2 Å². The highest BCUT2D eigenvalue weighted by Crippen LogP contribution is 2.44. The van der Waals surface area contributed by atoms with E-state index in [-0.39, 0.29) is 0 Å². The highest BCUT2D eigenvalue weighted by molar-refractivity contribution is 6.21. The fourth-order valence-corrected chi connectivity index (χ4v) is 5.12. The first-order valence-corrected chi connectivity index (χ1v) is 12.7. The average Bonchev–Trinajstić information content (AvgIpc) is 3.73. The molecular weight excluding hydrogens is 520 g/mol. The molecule has 0 atom stereocenters. The smallest absolute Gasteiger partial charge is 0.143 e. The molecule has 0 saturated carbocycles. The van der Waals surface area contributed by atoms with Gasteiger partial charge in [-0.1, -0.05) is 145 Å². The maximum Gasteiger partial charge on any atom is 0.143 e. The number of furan rings is 1. The average molecular weight is 573 g/mol. The summed E-state index contributed by atoms with van der Waals surface area (Å²) in [6.07, 6.45) is 0. The molecule has 1 heteroatoms. The molecule has 0 N–H and O–H groups in total. The second kappa shape index (κ2) is 9.44. The van der Waals surface area contributed by atoms with Crippen LogP contribution in [0.25, 0.3) is 87.6 Å². The standard InChI is InChI=1S/C42H26O/c1-2-11-28(12-3-1)40-33-15-6-8-17-35(33)41(36-18-9-7-16-34(36)40)29-23-21-27(22-24-29)32-19-10-20-37-38-25-30-13-4-5-14-31(30)26-39(38)43-42(32)37/h1-26H/i1D,2D,3D,4D,5D,6D,7D,8D,9D,10D,11D,12D,13D,14D,15D,16D,17D,18D,19D,20D,21D,22D,23D,24D,25D,26D. The summed E-state index contributed by atoms with van der Waals surface area (Å²) in [5.74, 6) is 0. The zero-order valence-corrected chi connectivity index (χ0v) is 21.4. The summed E-state index contributed by atoms with van der Waals surface area (Å²) in [7, 11) is 0. The summed E-state index contributed by atoms with van der Waals surface area (Å²) < 4.78 is 237. The van der Waals surface area contributed by atoms with E-state index in [9.17, 15) is 11.0 Å². The van der Waals surface area contributed by atoms with Gasteiger partial charge in [-0.2, -0.15) is 0 Å². The maximum absolute atomic E-state index is 9.53. The van der Waals surface area contributed by atoms with Gasteiger partial charge >= 0.3 is 0 Å². The van der Waals surface area contributed by atoms with Crippen LogP contribution >= 0.6 is 0 Å². The normalized spacial score (nSPS) is 20.2. The molecule has 0 aliphatic rings. The molecule has 0 unspecified atom stereocenters. The minimum absolute atomic E-state index is 0.403. The van der Waals surface area contributed by atoms with Crippen molar-refractivity contribution in [1.29, 1.82) is 0 Å². The maximum atomic E-state index is 9.53. The summed E-state index contributed by atoms with van der Waals surface area (Å²) in [4.78, 5) is 0. The topological polar surface area (TPSA) is 13.1 Å². The van der Waals surface area contributed by atoms with Gasteiger partial charge in [0.05, 0.1) is 35.6 Å². The summed E-state index contributed by atoms with van der Waals surface area (Å²) >= 11 is 0. The Morgan fingerprint density at radius 3 is 1.49 bits per heavy atom. The Hall–Kier alpha value is -5.66. The number of benzene rings is 8. The van der Waals surface area contributed by atoms with Crippen LogP contribution in [0, 0.1) is 0 Å². The summed E-state index contributed by atoms with van der Waals surface area (Å²) in [5.41, 5.74) is -5.55. The van der Waals surface area contributed by atoms with E-state index in [1.807, 2.05) is 0 Å². The van der Waals surface area contributed by atoms with E-state index in [4.69, 9.17) is 29.1 Å². The summed E-state index contributed by atoms with van der Waals surface area (Å²) in [5, 5.41) is -4.50. The Balaban J connectivity index is 1.51. The Morgan fingerprint density at radius 1 is 0.372 bits per heavy atom. The highest BCUT2D eigenvalue weighted by atomic mass is 16.3. The third-order valence-electron chi connectivity index (χ3n) is 6.94. The van der Waals surface area contributed by atoms with Crippen LogP contribution in [0.5, 0.6) is 0 Å². The molecule has 0 saturated heterocycles. The van der Waals surface area contributed by atoms with Crippen molar-refractivity contribution in [3.05, 3.63) is 157 Å². The van der Waals surface area contributed by atoms with E-state index in [1.165, 1.54) is 0 Å². The van der Waals surface area contributed by atoms with Crippen molar-refractivity contribution >= 4 is 54.3 Å². The van der Waals surface area contributed by atoms with Crippen molar-refractivity contribution in [2.45, 2.75) is 0 Å². The first-order valence-electron chi connectivity index (χ1n) is 25.7. The molecule has 0 amide bonds. The van der Waals surface area contributed by atoms with E-state index < -0.39 is 245 Å². The van der Waals surface area contributed by atoms with Crippen LogP contribution in [0.3, 0.4) is 0 Å². The van der Waals surface area contributed by atoms with Gasteiger partial charge in [0, 0.05) is 16.3 Å². The number of fused-ring (bicyclic) bond motifs is 6. The molecule has 1 nitrogen and oxygen atoms in total. The first kappa shape index (κ1) is 9.69. The van der Waals surface area contributed by atoms with Gasteiger partial charge in [-0.25, -0.2) is 0 Å². The van der Waals surface area contributed by atoms with Gasteiger partial charge < -0.3 is 4.42 Å². The third kappa shape index (κ3) is 3.72. The van der Waals surface area contributed by atoms with Crippen molar-refractivity contribution in [3.8, 4) is 33.4 Å². The van der Waals surface area contributed by atoms with Gasteiger partial charge in [0.1, 0.15) is 11.2 Å². The molecule has 0 fully saturated rings. The van der Waals surface area contributed by atoms with Crippen LogP contribution in [0.2, 0.25) is 0 Å². The number of hydrogen-bond donors (Lipinski definition) is 0. The molecule has 0 aliphatic heterocycles. The lowest BCUT2D eigenvalue weighted by Gasteiger charge is -2.18. The minimum Gasteiger partial charge on any atom is -0.455 e. The van der Waals surface area contributed by atoms with Gasteiger partial charge in [0.15, 0.2) is 0 Å². The lowest BCUT2D eigenvalue weighted by molar-refractivity contribution is 0.670. The molecule has 0 aliphatic carbocycles. The predicted molar refractivity (Wildman–Crippen MR) is 183 cm³/mol. The van der Waals surface area contributed by atoms with E-state index in [0.717, 1.165) is 0 Å². The fourth-order valence-electron chi connectivity index (χ4n) is 5.12. The quantitative estimate of drug-likeness (QED) is 0.192. The number of hydrogen-bond acceptors (Lipinski definition) is 1. The zero-order valence-electron chi connectivity index (χ0n) is 47.4.